The predicted octanol–water partition coefficient (Wildman–Crippen LogP) is 1.98. The molecule has 1 heterocycles. The van der Waals surface area contributed by atoms with E-state index in [4.69, 9.17) is 12.3 Å². The van der Waals surface area contributed by atoms with Crippen LogP contribution in [0.15, 0.2) is 8.89 Å². The van der Waals surface area contributed by atoms with Gasteiger partial charge in [-0.1, -0.05) is 0 Å². The lowest BCUT2D eigenvalue weighted by Gasteiger charge is -2.08. The molecule has 0 aliphatic heterocycles. The van der Waals surface area contributed by atoms with Crippen LogP contribution in [0.4, 0.5) is 0 Å². The van der Waals surface area contributed by atoms with Gasteiger partial charge in [0.05, 0.1) is 4.47 Å². The van der Waals surface area contributed by atoms with E-state index < -0.39 is 17.2 Å². The van der Waals surface area contributed by atoms with Gasteiger partial charge in [0.15, 0.2) is 22.7 Å². The molecular formula is C13H8BBrO6. The van der Waals surface area contributed by atoms with Gasteiger partial charge in [-0.3, -0.25) is 0 Å². The van der Waals surface area contributed by atoms with Crippen molar-refractivity contribution in [3.05, 3.63) is 10.0 Å². The lowest BCUT2D eigenvalue weighted by molar-refractivity contribution is 0.366. The fraction of sp³-hybridized carbons (Fsp3) is 0.0769. The molecule has 21 heavy (non-hydrogen) atoms. The van der Waals surface area contributed by atoms with Crippen molar-refractivity contribution in [3.63, 3.8) is 0 Å². The van der Waals surface area contributed by atoms with Crippen LogP contribution in [0.5, 0.6) is 28.7 Å². The van der Waals surface area contributed by atoms with Gasteiger partial charge in [-0.2, -0.15) is 0 Å². The van der Waals surface area contributed by atoms with Crippen molar-refractivity contribution in [1.82, 2.24) is 0 Å². The molecule has 0 saturated heterocycles. The number of aromatic hydroxyl groups is 5. The summed E-state index contributed by atoms with van der Waals surface area (Å²) in [4.78, 5) is 0. The maximum absolute atomic E-state index is 10.1. The quantitative estimate of drug-likeness (QED) is 0.313. The first kappa shape index (κ1) is 13.8. The van der Waals surface area contributed by atoms with Crippen molar-refractivity contribution in [2.75, 3.05) is 0 Å². The van der Waals surface area contributed by atoms with Gasteiger partial charge in [-0.15, -0.1) is 0 Å². The van der Waals surface area contributed by atoms with Gasteiger partial charge in [0.1, 0.15) is 13.6 Å². The minimum Gasteiger partial charge on any atom is -0.508 e. The first-order chi connectivity index (χ1) is 9.77. The fourth-order valence-corrected chi connectivity index (χ4v) is 2.84. The second-order valence-corrected chi connectivity index (χ2v) is 5.40. The van der Waals surface area contributed by atoms with Gasteiger partial charge in [0.2, 0.25) is 11.5 Å². The van der Waals surface area contributed by atoms with Crippen LogP contribution in [0.2, 0.25) is 0 Å². The summed E-state index contributed by atoms with van der Waals surface area (Å²) >= 11 is 3.07. The average molecular weight is 351 g/mol. The van der Waals surface area contributed by atoms with Gasteiger partial charge < -0.3 is 29.9 Å². The molecule has 6 nitrogen and oxygen atoms in total. The highest BCUT2D eigenvalue weighted by atomic mass is 79.9. The largest absolute Gasteiger partial charge is 0.508 e. The van der Waals surface area contributed by atoms with Crippen molar-refractivity contribution in [1.29, 1.82) is 0 Å². The molecule has 3 rings (SSSR count). The molecule has 0 fully saturated rings. The van der Waals surface area contributed by atoms with Crippen LogP contribution < -0.4 is 5.46 Å². The van der Waals surface area contributed by atoms with Crippen LogP contribution in [0, 0.1) is 6.92 Å². The van der Waals surface area contributed by atoms with Gasteiger partial charge >= 0.3 is 0 Å². The SMILES string of the molecule is [B]c1c(O)c(C)c(O)c2oc3c(O)c(O)c(O)c(Br)c3c12. The highest BCUT2D eigenvalue weighted by Gasteiger charge is 2.26. The van der Waals surface area contributed by atoms with Crippen molar-refractivity contribution < 1.29 is 29.9 Å². The monoisotopic (exact) mass is 350 g/mol. The molecule has 1 aromatic heterocycles. The molecule has 0 spiro atoms. The summed E-state index contributed by atoms with van der Waals surface area (Å²) in [5.41, 5.74) is -0.217. The Morgan fingerprint density at radius 1 is 0.810 bits per heavy atom. The zero-order valence-electron chi connectivity index (χ0n) is 10.6. The highest BCUT2D eigenvalue weighted by molar-refractivity contribution is 9.10. The molecule has 106 valence electrons. The summed E-state index contributed by atoms with van der Waals surface area (Å²) in [6, 6.07) is 0. The van der Waals surface area contributed by atoms with E-state index in [1.807, 2.05) is 0 Å². The number of fused-ring (bicyclic) bond motifs is 3. The molecule has 0 unspecified atom stereocenters. The third-order valence-corrected chi connectivity index (χ3v) is 4.22. The molecule has 0 aliphatic carbocycles. The number of benzene rings is 2. The van der Waals surface area contributed by atoms with E-state index in [1.54, 1.807) is 0 Å². The number of phenolic OH excluding ortho intramolecular Hbond substituents is 5. The standard InChI is InChI=1S/C13H8BBrO6/c1-2-7(16)5(14)3-4-6(15)9(18)10(19)11(20)13(4)21-12(3)8(2)17/h16-20H,1H3. The topological polar surface area (TPSA) is 114 Å². The maximum atomic E-state index is 10.1. The third-order valence-electron chi connectivity index (χ3n) is 3.45. The van der Waals surface area contributed by atoms with Crippen LogP contribution in [0.1, 0.15) is 5.56 Å². The molecule has 0 aliphatic rings. The van der Waals surface area contributed by atoms with E-state index in [2.05, 4.69) is 15.9 Å². The Balaban J connectivity index is 2.73. The lowest BCUT2D eigenvalue weighted by atomic mass is 9.87. The van der Waals surface area contributed by atoms with Crippen molar-refractivity contribution >= 4 is 51.2 Å². The number of hydrogen-bond acceptors (Lipinski definition) is 6. The summed E-state index contributed by atoms with van der Waals surface area (Å²) in [6.45, 7) is 1.44. The van der Waals surface area contributed by atoms with Gasteiger partial charge in [-0.05, 0) is 28.3 Å². The zero-order chi connectivity index (χ0) is 15.6. The Hall–Kier alpha value is -2.22. The van der Waals surface area contributed by atoms with Crippen LogP contribution in [0.25, 0.3) is 21.9 Å². The minimum absolute atomic E-state index is 0.0147. The normalized spacial score (nSPS) is 11.5. The average Bonchev–Trinajstić information content (AvgIpc) is 2.87. The van der Waals surface area contributed by atoms with E-state index in [0.29, 0.717) is 0 Å². The van der Waals surface area contributed by atoms with Crippen molar-refractivity contribution in [3.8, 4) is 28.7 Å². The molecule has 2 radical (unpaired) electrons. The molecule has 0 atom stereocenters. The van der Waals surface area contributed by atoms with E-state index >= 15 is 0 Å². The second-order valence-electron chi connectivity index (χ2n) is 4.61. The first-order valence-corrected chi connectivity index (χ1v) is 6.55. The summed E-state index contributed by atoms with van der Waals surface area (Å²) in [6.07, 6.45) is 0. The zero-order valence-corrected chi connectivity index (χ0v) is 12.2. The Labute approximate surface area is 127 Å². The van der Waals surface area contributed by atoms with E-state index in [-0.39, 0.29) is 48.9 Å². The van der Waals surface area contributed by atoms with Crippen LogP contribution in [-0.2, 0) is 0 Å². The second kappa shape index (κ2) is 4.14. The Bertz CT molecular complexity index is 856. The smallest absolute Gasteiger partial charge is 0.205 e. The molecule has 2 aromatic carbocycles. The summed E-state index contributed by atoms with van der Waals surface area (Å²) < 4.78 is 5.37. The molecule has 0 amide bonds. The Kier molecular flexibility index (Phi) is 2.71. The number of rotatable bonds is 0. The van der Waals surface area contributed by atoms with Gasteiger partial charge in [0, 0.05) is 16.3 Å². The van der Waals surface area contributed by atoms with E-state index in [1.165, 1.54) is 6.92 Å². The minimum atomic E-state index is -0.771. The maximum Gasteiger partial charge on any atom is 0.205 e. The molecule has 0 saturated carbocycles. The fourth-order valence-electron chi connectivity index (χ4n) is 2.28. The lowest BCUT2D eigenvalue weighted by Crippen LogP contribution is -2.06. The predicted molar refractivity (Wildman–Crippen MR) is 79.9 cm³/mol. The van der Waals surface area contributed by atoms with E-state index in [9.17, 15) is 25.5 Å². The Morgan fingerprint density at radius 2 is 1.38 bits per heavy atom. The number of furan rings is 1. The van der Waals surface area contributed by atoms with Crippen LogP contribution >= 0.6 is 15.9 Å². The number of phenols is 5. The molecule has 3 aromatic rings. The summed E-state index contributed by atoms with van der Waals surface area (Å²) in [5, 5.41) is 49.5. The van der Waals surface area contributed by atoms with Crippen molar-refractivity contribution in [2.24, 2.45) is 0 Å². The number of halogens is 1. The van der Waals surface area contributed by atoms with Crippen LogP contribution in [-0.4, -0.2) is 33.4 Å². The summed E-state index contributed by atoms with van der Waals surface area (Å²) in [7, 11) is 5.84. The summed E-state index contributed by atoms with van der Waals surface area (Å²) in [5.74, 6) is -2.76. The molecular weight excluding hydrogens is 343 g/mol. The number of hydrogen-bond donors (Lipinski definition) is 5. The van der Waals surface area contributed by atoms with Crippen molar-refractivity contribution in [2.45, 2.75) is 6.92 Å². The Morgan fingerprint density at radius 3 is 2.00 bits per heavy atom. The first-order valence-electron chi connectivity index (χ1n) is 5.75. The molecule has 5 N–H and O–H groups in total. The molecule has 0 bridgehead atoms. The van der Waals surface area contributed by atoms with Gasteiger partial charge in [0.25, 0.3) is 0 Å². The van der Waals surface area contributed by atoms with Gasteiger partial charge in [-0.25, -0.2) is 0 Å². The highest BCUT2D eigenvalue weighted by Crippen LogP contribution is 2.51. The molecule has 8 heteroatoms. The van der Waals surface area contributed by atoms with E-state index in [0.717, 1.165) is 0 Å². The van der Waals surface area contributed by atoms with Crippen LogP contribution in [0.3, 0.4) is 0 Å². The third kappa shape index (κ3) is 1.53.